The van der Waals surface area contributed by atoms with Crippen LogP contribution in [-0.2, 0) is 0 Å². The van der Waals surface area contributed by atoms with Crippen LogP contribution in [0.25, 0.3) is 33.1 Å². The molecule has 0 N–H and O–H groups in total. The second-order valence-electron chi connectivity index (χ2n) is 10.5. The van der Waals surface area contributed by atoms with Gasteiger partial charge in [0, 0.05) is 33.8 Å². The molecule has 5 aromatic rings. The lowest BCUT2D eigenvalue weighted by Gasteiger charge is -2.29. The molecule has 0 saturated carbocycles. The smallest absolute Gasteiger partial charge is 0.0629 e. The molecule has 2 aliphatic carbocycles. The Hall–Kier alpha value is -4.56. The average molecular weight is 489 g/mol. The number of anilines is 2. The lowest BCUT2D eigenvalue weighted by atomic mass is 9.91. The Morgan fingerprint density at radius 1 is 0.658 bits per heavy atom. The van der Waals surface area contributed by atoms with Gasteiger partial charge in [0.1, 0.15) is 0 Å². The zero-order valence-corrected chi connectivity index (χ0v) is 21.2. The van der Waals surface area contributed by atoms with Gasteiger partial charge in [-0.15, -0.1) is 0 Å². The summed E-state index contributed by atoms with van der Waals surface area (Å²) in [5.74, 6) is 0.324. The molecule has 0 radical (unpaired) electrons. The van der Waals surface area contributed by atoms with Crippen molar-refractivity contribution >= 4 is 38.8 Å². The quantitative estimate of drug-likeness (QED) is 0.246. The fraction of sp³-hybridized carbons (Fsp3) is 0.111. The summed E-state index contributed by atoms with van der Waals surface area (Å²) in [5, 5.41) is 2.59. The van der Waals surface area contributed by atoms with E-state index >= 15 is 0 Å². The largest absolute Gasteiger partial charge is 0.333 e. The monoisotopic (exact) mass is 488 g/mol. The number of para-hydroxylation sites is 2. The number of rotatable bonds is 3. The van der Waals surface area contributed by atoms with Gasteiger partial charge in [0.25, 0.3) is 0 Å². The molecule has 2 atom stereocenters. The maximum atomic E-state index is 2.54. The molecule has 2 heteroatoms. The van der Waals surface area contributed by atoms with Crippen LogP contribution >= 0.6 is 0 Å². The molecule has 0 bridgehead atoms. The fourth-order valence-corrected chi connectivity index (χ4v) is 6.59. The first-order valence-electron chi connectivity index (χ1n) is 13.6. The van der Waals surface area contributed by atoms with E-state index < -0.39 is 0 Å². The van der Waals surface area contributed by atoms with Crippen LogP contribution in [0, 0.1) is 0 Å². The van der Waals surface area contributed by atoms with Crippen molar-refractivity contribution in [3.8, 4) is 5.69 Å². The van der Waals surface area contributed by atoms with Crippen LogP contribution in [0.2, 0.25) is 0 Å². The highest BCUT2D eigenvalue weighted by atomic mass is 15.2. The number of hydrogen-bond donors (Lipinski definition) is 0. The number of fused-ring (bicyclic) bond motifs is 6. The molecule has 2 unspecified atom stereocenters. The zero-order valence-electron chi connectivity index (χ0n) is 21.2. The minimum Gasteiger partial charge on any atom is -0.333 e. The van der Waals surface area contributed by atoms with Crippen LogP contribution in [0.4, 0.5) is 11.4 Å². The van der Waals surface area contributed by atoms with Crippen molar-refractivity contribution in [2.24, 2.45) is 0 Å². The predicted octanol–water partition coefficient (Wildman–Crippen LogP) is 9.25. The second kappa shape index (κ2) is 8.49. The molecule has 2 heterocycles. The van der Waals surface area contributed by atoms with E-state index in [9.17, 15) is 0 Å². The first-order chi connectivity index (χ1) is 18.9. The van der Waals surface area contributed by atoms with E-state index in [4.69, 9.17) is 0 Å². The van der Waals surface area contributed by atoms with Crippen LogP contribution in [-0.4, -0.2) is 10.6 Å². The van der Waals surface area contributed by atoms with Crippen molar-refractivity contribution in [1.82, 2.24) is 4.57 Å². The topological polar surface area (TPSA) is 8.17 Å². The highest BCUT2D eigenvalue weighted by Gasteiger charge is 2.38. The van der Waals surface area contributed by atoms with Gasteiger partial charge < -0.3 is 9.47 Å². The highest BCUT2D eigenvalue weighted by Crippen LogP contribution is 2.50. The molecular formula is C36H28N2. The standard InChI is InChI=1S/C36H28N2/c1-3-11-25(12-4-1)26-19-21-28(22-20-26)38-34-18-10-8-16-30(34)32-23-35-31(24-36(32)38)29-15-7-9-17-33(29)37(35)27-13-5-2-6-14-27/h2-3,5-24,30,34H,1,4H2. The summed E-state index contributed by atoms with van der Waals surface area (Å²) in [7, 11) is 0. The molecular weight excluding hydrogens is 460 g/mol. The molecule has 4 aromatic carbocycles. The number of allylic oxidation sites excluding steroid dienone is 6. The SMILES string of the molecule is C1=CC2c3cc4c(cc3N(c3ccc(C5=CCCC=C5)cc3)C2C=C1)c1ccccc1n4-c1ccccc1. The van der Waals surface area contributed by atoms with E-state index in [2.05, 4.69) is 143 Å². The summed E-state index contributed by atoms with van der Waals surface area (Å²) >= 11 is 0. The summed E-state index contributed by atoms with van der Waals surface area (Å²) in [6.45, 7) is 0. The van der Waals surface area contributed by atoms with Crippen molar-refractivity contribution in [2.45, 2.75) is 24.8 Å². The van der Waals surface area contributed by atoms with Gasteiger partial charge in [0.2, 0.25) is 0 Å². The van der Waals surface area contributed by atoms with Crippen molar-refractivity contribution in [2.75, 3.05) is 4.90 Å². The van der Waals surface area contributed by atoms with E-state index in [1.807, 2.05) is 0 Å². The van der Waals surface area contributed by atoms with Crippen LogP contribution in [0.5, 0.6) is 0 Å². The van der Waals surface area contributed by atoms with Gasteiger partial charge in [0.15, 0.2) is 0 Å². The third-order valence-electron chi connectivity index (χ3n) is 8.33. The van der Waals surface area contributed by atoms with Crippen molar-refractivity contribution in [1.29, 1.82) is 0 Å². The minimum absolute atomic E-state index is 0.276. The van der Waals surface area contributed by atoms with E-state index in [1.165, 1.54) is 55.6 Å². The maximum absolute atomic E-state index is 2.54. The second-order valence-corrected chi connectivity index (χ2v) is 10.5. The third-order valence-corrected chi connectivity index (χ3v) is 8.33. The number of benzene rings is 4. The Morgan fingerprint density at radius 2 is 1.47 bits per heavy atom. The molecule has 0 amide bonds. The number of hydrogen-bond acceptors (Lipinski definition) is 1. The lowest BCUT2D eigenvalue weighted by Crippen LogP contribution is -2.28. The first-order valence-corrected chi connectivity index (χ1v) is 13.6. The van der Waals surface area contributed by atoms with Gasteiger partial charge in [-0.1, -0.05) is 91.1 Å². The summed E-state index contributed by atoms with van der Waals surface area (Å²) in [5.41, 5.74) is 10.3. The molecule has 38 heavy (non-hydrogen) atoms. The van der Waals surface area contributed by atoms with Gasteiger partial charge in [-0.2, -0.15) is 0 Å². The number of nitrogens with zero attached hydrogens (tertiary/aromatic N) is 2. The third kappa shape index (κ3) is 3.20. The van der Waals surface area contributed by atoms with E-state index in [0.29, 0.717) is 5.92 Å². The van der Waals surface area contributed by atoms with Crippen LogP contribution in [0.15, 0.2) is 134 Å². The Bertz CT molecular complexity index is 1810. The molecule has 0 spiro atoms. The zero-order chi connectivity index (χ0) is 25.1. The van der Waals surface area contributed by atoms with Gasteiger partial charge in [0.05, 0.1) is 17.1 Å². The summed E-state index contributed by atoms with van der Waals surface area (Å²) in [4.78, 5) is 2.54. The normalized spacial score (nSPS) is 19.7. The Labute approximate surface area is 223 Å². The molecule has 1 aliphatic heterocycles. The van der Waals surface area contributed by atoms with Crippen LogP contribution in [0.3, 0.4) is 0 Å². The fourth-order valence-electron chi connectivity index (χ4n) is 6.59. The van der Waals surface area contributed by atoms with Gasteiger partial charge >= 0.3 is 0 Å². The molecule has 8 rings (SSSR count). The van der Waals surface area contributed by atoms with Crippen LogP contribution < -0.4 is 4.90 Å². The van der Waals surface area contributed by atoms with Crippen LogP contribution in [0.1, 0.15) is 29.9 Å². The number of aromatic nitrogens is 1. The summed E-state index contributed by atoms with van der Waals surface area (Å²) in [6, 6.07) is 33.9. The van der Waals surface area contributed by atoms with Crippen molar-refractivity contribution in [3.05, 3.63) is 145 Å². The maximum Gasteiger partial charge on any atom is 0.0629 e. The Morgan fingerprint density at radius 3 is 2.32 bits per heavy atom. The molecule has 0 saturated heterocycles. The average Bonchev–Trinajstić information content (AvgIpc) is 3.49. The van der Waals surface area contributed by atoms with E-state index in [0.717, 1.165) is 12.8 Å². The van der Waals surface area contributed by atoms with E-state index in [1.54, 1.807) is 0 Å². The summed E-state index contributed by atoms with van der Waals surface area (Å²) < 4.78 is 2.42. The van der Waals surface area contributed by atoms with Gasteiger partial charge in [-0.05, 0) is 72.0 Å². The van der Waals surface area contributed by atoms with Gasteiger partial charge in [-0.3, -0.25) is 0 Å². The molecule has 2 nitrogen and oxygen atoms in total. The van der Waals surface area contributed by atoms with Crippen molar-refractivity contribution in [3.63, 3.8) is 0 Å². The van der Waals surface area contributed by atoms with Gasteiger partial charge in [-0.25, -0.2) is 0 Å². The minimum atomic E-state index is 0.276. The molecule has 1 aromatic heterocycles. The highest BCUT2D eigenvalue weighted by molar-refractivity contribution is 6.11. The lowest BCUT2D eigenvalue weighted by molar-refractivity contribution is 0.745. The van der Waals surface area contributed by atoms with E-state index in [-0.39, 0.29) is 6.04 Å². The predicted molar refractivity (Wildman–Crippen MR) is 161 cm³/mol. The molecule has 0 fully saturated rings. The Kier molecular flexibility index (Phi) is 4.81. The molecule has 182 valence electrons. The first kappa shape index (κ1) is 21.5. The summed E-state index contributed by atoms with van der Waals surface area (Å²) in [6.07, 6.45) is 18.3. The van der Waals surface area contributed by atoms with Crippen molar-refractivity contribution < 1.29 is 0 Å². The molecule has 3 aliphatic rings. The Balaban J connectivity index is 1.33.